The maximum absolute atomic E-state index is 12.5. The Morgan fingerprint density at radius 2 is 2.08 bits per heavy atom. The summed E-state index contributed by atoms with van der Waals surface area (Å²) >= 11 is 0. The van der Waals surface area contributed by atoms with E-state index in [4.69, 9.17) is 4.52 Å². The van der Waals surface area contributed by atoms with E-state index in [1.165, 1.54) is 10.7 Å². The first-order chi connectivity index (χ1) is 11.9. The molecule has 3 aromatic rings. The van der Waals surface area contributed by atoms with Gasteiger partial charge < -0.3 is 20.0 Å². The standard InChI is InChI=1S/C16H15N5O4/c1-10-7-15(21(23)24)18-20(10)9-12-5-3-4-6-13(12)16(22)17-14-8-11(2)25-19-14/h3-8H,9H2,1-2H3,(H,17,19,22). The predicted molar refractivity (Wildman–Crippen MR) is 88.4 cm³/mol. The number of benzene rings is 1. The Balaban J connectivity index is 1.85. The molecule has 0 saturated carbocycles. The van der Waals surface area contributed by atoms with Gasteiger partial charge in [0.05, 0.1) is 23.4 Å². The van der Waals surface area contributed by atoms with Crippen molar-refractivity contribution in [1.82, 2.24) is 14.9 Å². The number of anilines is 1. The van der Waals surface area contributed by atoms with E-state index < -0.39 is 4.92 Å². The Morgan fingerprint density at radius 1 is 1.32 bits per heavy atom. The highest BCUT2D eigenvalue weighted by Crippen LogP contribution is 2.17. The van der Waals surface area contributed by atoms with Crippen LogP contribution < -0.4 is 5.32 Å². The first-order valence-corrected chi connectivity index (χ1v) is 7.45. The first-order valence-electron chi connectivity index (χ1n) is 7.45. The molecule has 9 heteroatoms. The van der Waals surface area contributed by atoms with Gasteiger partial charge in [0.2, 0.25) is 0 Å². The van der Waals surface area contributed by atoms with Crippen LogP contribution in [-0.2, 0) is 6.54 Å². The minimum absolute atomic E-state index is 0.225. The number of aromatic nitrogens is 3. The van der Waals surface area contributed by atoms with Crippen LogP contribution in [0, 0.1) is 24.0 Å². The van der Waals surface area contributed by atoms with Crippen molar-refractivity contribution in [1.29, 1.82) is 0 Å². The maximum atomic E-state index is 12.5. The number of amides is 1. The predicted octanol–water partition coefficient (Wildman–Crippen LogP) is 2.70. The number of hydrogen-bond donors (Lipinski definition) is 1. The fourth-order valence-electron chi connectivity index (χ4n) is 2.39. The molecule has 9 nitrogen and oxygen atoms in total. The molecular weight excluding hydrogens is 326 g/mol. The number of rotatable bonds is 5. The van der Waals surface area contributed by atoms with Crippen molar-refractivity contribution in [2.75, 3.05) is 5.32 Å². The summed E-state index contributed by atoms with van der Waals surface area (Å²) in [5, 5.41) is 21.2. The fourth-order valence-corrected chi connectivity index (χ4v) is 2.39. The lowest BCUT2D eigenvalue weighted by molar-refractivity contribution is -0.389. The Hall–Kier alpha value is -3.49. The third kappa shape index (κ3) is 3.55. The lowest BCUT2D eigenvalue weighted by Gasteiger charge is -2.08. The van der Waals surface area contributed by atoms with Crippen molar-refractivity contribution < 1.29 is 14.2 Å². The number of hydrogen-bond acceptors (Lipinski definition) is 6. The minimum atomic E-state index is -0.547. The van der Waals surface area contributed by atoms with Crippen molar-refractivity contribution in [2.45, 2.75) is 20.4 Å². The average molecular weight is 341 g/mol. The molecule has 0 aliphatic rings. The van der Waals surface area contributed by atoms with E-state index >= 15 is 0 Å². The molecule has 0 aliphatic carbocycles. The second-order valence-corrected chi connectivity index (χ2v) is 5.49. The van der Waals surface area contributed by atoms with E-state index in [2.05, 4.69) is 15.6 Å². The molecule has 0 atom stereocenters. The molecule has 0 unspecified atom stereocenters. The molecule has 25 heavy (non-hydrogen) atoms. The molecule has 2 aromatic heterocycles. The van der Waals surface area contributed by atoms with Crippen molar-refractivity contribution >= 4 is 17.5 Å². The summed E-state index contributed by atoms with van der Waals surface area (Å²) in [6.07, 6.45) is 0. The van der Waals surface area contributed by atoms with E-state index in [0.717, 1.165) is 0 Å². The molecule has 3 rings (SSSR count). The highest BCUT2D eigenvalue weighted by atomic mass is 16.6. The number of carbonyl (C=O) groups excluding carboxylic acids is 1. The van der Waals surface area contributed by atoms with Crippen LogP contribution >= 0.6 is 0 Å². The molecule has 0 aliphatic heterocycles. The second-order valence-electron chi connectivity index (χ2n) is 5.49. The summed E-state index contributed by atoms with van der Waals surface area (Å²) in [7, 11) is 0. The van der Waals surface area contributed by atoms with Crippen molar-refractivity contribution in [3.63, 3.8) is 0 Å². The van der Waals surface area contributed by atoms with Gasteiger partial charge in [0.25, 0.3) is 5.91 Å². The van der Waals surface area contributed by atoms with Crippen molar-refractivity contribution in [3.8, 4) is 0 Å². The fraction of sp³-hybridized carbons (Fsp3) is 0.188. The third-order valence-corrected chi connectivity index (χ3v) is 3.61. The minimum Gasteiger partial charge on any atom is -0.360 e. The normalized spacial score (nSPS) is 10.6. The highest BCUT2D eigenvalue weighted by Gasteiger charge is 2.18. The van der Waals surface area contributed by atoms with E-state index in [1.54, 1.807) is 44.2 Å². The summed E-state index contributed by atoms with van der Waals surface area (Å²) in [4.78, 5) is 22.8. The molecule has 2 heterocycles. The van der Waals surface area contributed by atoms with Crippen LogP contribution in [0.2, 0.25) is 0 Å². The zero-order chi connectivity index (χ0) is 18.0. The van der Waals surface area contributed by atoms with Gasteiger partial charge in [-0.05, 0) is 30.4 Å². The van der Waals surface area contributed by atoms with Crippen LogP contribution in [0.4, 0.5) is 11.6 Å². The van der Waals surface area contributed by atoms with E-state index in [9.17, 15) is 14.9 Å². The lowest BCUT2D eigenvalue weighted by atomic mass is 10.1. The molecule has 0 fully saturated rings. The van der Waals surface area contributed by atoms with Gasteiger partial charge in [-0.25, -0.2) is 0 Å². The van der Waals surface area contributed by atoms with Crippen LogP contribution in [0.15, 0.2) is 40.9 Å². The number of aryl methyl sites for hydroxylation is 2. The van der Waals surface area contributed by atoms with Gasteiger partial charge in [-0.15, -0.1) is 0 Å². The van der Waals surface area contributed by atoms with Gasteiger partial charge in [-0.3, -0.25) is 4.79 Å². The summed E-state index contributed by atoms with van der Waals surface area (Å²) in [6, 6.07) is 9.98. The smallest absolute Gasteiger partial charge is 0.360 e. The van der Waals surface area contributed by atoms with Crippen molar-refractivity contribution in [2.24, 2.45) is 0 Å². The highest BCUT2D eigenvalue weighted by molar-refractivity contribution is 6.04. The molecule has 0 saturated heterocycles. The molecule has 1 aromatic carbocycles. The van der Waals surface area contributed by atoms with E-state index in [-0.39, 0.29) is 18.3 Å². The van der Waals surface area contributed by atoms with Crippen LogP contribution in [0.5, 0.6) is 0 Å². The van der Waals surface area contributed by atoms with Gasteiger partial charge in [0, 0.05) is 11.6 Å². The maximum Gasteiger partial charge on any atom is 0.390 e. The van der Waals surface area contributed by atoms with Gasteiger partial charge >= 0.3 is 5.82 Å². The number of carbonyl (C=O) groups is 1. The number of nitrogens with one attached hydrogen (secondary N) is 1. The van der Waals surface area contributed by atoms with Crippen LogP contribution in [0.25, 0.3) is 0 Å². The number of nitro groups is 1. The average Bonchev–Trinajstić information content (AvgIpc) is 3.14. The van der Waals surface area contributed by atoms with Gasteiger partial charge in [0.15, 0.2) is 5.82 Å². The van der Waals surface area contributed by atoms with E-state index in [1.807, 2.05) is 0 Å². The third-order valence-electron chi connectivity index (χ3n) is 3.61. The van der Waals surface area contributed by atoms with Gasteiger partial charge in [0.1, 0.15) is 5.76 Å². The Bertz CT molecular complexity index is 944. The van der Waals surface area contributed by atoms with Crippen LogP contribution in [-0.4, -0.2) is 25.8 Å². The van der Waals surface area contributed by atoms with Crippen molar-refractivity contribution in [3.05, 3.63) is 69.1 Å². The molecule has 1 amide bonds. The Morgan fingerprint density at radius 3 is 2.72 bits per heavy atom. The second kappa shape index (κ2) is 6.56. The zero-order valence-corrected chi connectivity index (χ0v) is 13.6. The lowest BCUT2D eigenvalue weighted by Crippen LogP contribution is -2.16. The zero-order valence-electron chi connectivity index (χ0n) is 13.6. The molecule has 0 spiro atoms. The van der Waals surface area contributed by atoms with Gasteiger partial charge in [-0.1, -0.05) is 23.4 Å². The summed E-state index contributed by atoms with van der Waals surface area (Å²) in [5.41, 5.74) is 1.75. The van der Waals surface area contributed by atoms with Gasteiger partial charge in [-0.2, -0.15) is 4.68 Å². The largest absolute Gasteiger partial charge is 0.390 e. The molecule has 128 valence electrons. The molecule has 0 bridgehead atoms. The summed E-state index contributed by atoms with van der Waals surface area (Å²) < 4.78 is 6.42. The quantitative estimate of drug-likeness (QED) is 0.563. The first kappa shape index (κ1) is 16.4. The Labute approximate surface area is 142 Å². The SMILES string of the molecule is Cc1cc(NC(=O)c2ccccc2Cn2nc([N+](=O)[O-])cc2C)no1. The molecular formula is C16H15N5O4. The summed E-state index contributed by atoms with van der Waals surface area (Å²) in [6.45, 7) is 3.69. The van der Waals surface area contributed by atoms with Crippen LogP contribution in [0.1, 0.15) is 27.4 Å². The molecule has 0 radical (unpaired) electrons. The molecule has 1 N–H and O–H groups in total. The Kier molecular flexibility index (Phi) is 4.29. The van der Waals surface area contributed by atoms with Crippen LogP contribution in [0.3, 0.4) is 0 Å². The van der Waals surface area contributed by atoms with E-state index in [0.29, 0.717) is 28.4 Å². The topological polar surface area (TPSA) is 116 Å². The summed E-state index contributed by atoms with van der Waals surface area (Å²) in [5.74, 6) is 0.340. The number of nitrogens with zero attached hydrogens (tertiary/aromatic N) is 4. The monoisotopic (exact) mass is 341 g/mol.